The van der Waals surface area contributed by atoms with Crippen molar-refractivity contribution in [2.24, 2.45) is 23.2 Å². The predicted molar refractivity (Wildman–Crippen MR) is 122 cm³/mol. The number of nitrogens with one attached hydrogen (secondary N) is 1. The van der Waals surface area contributed by atoms with Crippen molar-refractivity contribution in [3.63, 3.8) is 0 Å². The zero-order valence-electron chi connectivity index (χ0n) is 18.6. The second-order valence-electron chi connectivity index (χ2n) is 10.2. The Labute approximate surface area is 189 Å². The van der Waals surface area contributed by atoms with E-state index in [4.69, 9.17) is 0 Å². The van der Waals surface area contributed by atoms with Crippen molar-refractivity contribution in [1.82, 2.24) is 4.98 Å². The maximum Gasteiger partial charge on any atom is 0.225 e. The molecule has 2 saturated carbocycles. The Hall–Kier alpha value is -2.56. The molecule has 3 aliphatic carbocycles. The molecule has 0 aliphatic heterocycles. The van der Waals surface area contributed by atoms with Gasteiger partial charge in [-0.1, -0.05) is 31.2 Å². The Balaban J connectivity index is 1.26. The highest BCUT2D eigenvalue weighted by Gasteiger charge is 2.58. The van der Waals surface area contributed by atoms with E-state index >= 15 is 0 Å². The van der Waals surface area contributed by atoms with Crippen LogP contribution in [0.15, 0.2) is 42.6 Å². The topological polar surface area (TPSA) is 59.1 Å². The van der Waals surface area contributed by atoms with E-state index in [2.05, 4.69) is 41.5 Å². The minimum atomic E-state index is -0.524. The monoisotopic (exact) mass is 434 g/mol. The van der Waals surface area contributed by atoms with Crippen LogP contribution in [0.3, 0.4) is 0 Å². The van der Waals surface area contributed by atoms with Crippen LogP contribution in [0.5, 0.6) is 0 Å². The van der Waals surface area contributed by atoms with Gasteiger partial charge >= 0.3 is 0 Å². The first-order valence-corrected chi connectivity index (χ1v) is 12.0. The zero-order chi connectivity index (χ0) is 22.3. The molecule has 168 valence electrons. The number of halogens is 1. The van der Waals surface area contributed by atoms with Crippen LogP contribution in [0.4, 0.5) is 10.2 Å². The smallest absolute Gasteiger partial charge is 0.225 e. The highest BCUT2D eigenvalue weighted by Crippen LogP contribution is 2.62. The normalized spacial score (nSPS) is 30.9. The average molecular weight is 435 g/mol. The van der Waals surface area contributed by atoms with Gasteiger partial charge in [-0.2, -0.15) is 0 Å². The number of rotatable bonds is 5. The molecule has 0 spiro atoms. The number of pyridine rings is 1. The van der Waals surface area contributed by atoms with Crippen LogP contribution in [-0.4, -0.2) is 16.7 Å². The third-order valence-electron chi connectivity index (χ3n) is 8.48. The van der Waals surface area contributed by atoms with Crippen LogP contribution in [-0.2, 0) is 16.0 Å². The Morgan fingerprint density at radius 3 is 2.91 bits per heavy atom. The first-order chi connectivity index (χ1) is 15.5. The number of ketones is 1. The number of Topliss-reactive ketones (excluding diaryl/α,β-unsaturated/α-hetero) is 1. The predicted octanol–water partition coefficient (Wildman–Crippen LogP) is 5.68. The quantitative estimate of drug-likeness (QED) is 0.658. The summed E-state index contributed by atoms with van der Waals surface area (Å²) in [5, 5.41) is 2.57. The number of carbonyl (C=O) groups is 2. The maximum atomic E-state index is 13.7. The third-order valence-corrected chi connectivity index (χ3v) is 8.48. The second-order valence-corrected chi connectivity index (χ2v) is 10.2. The molecule has 3 aliphatic rings. The molecule has 4 nitrogen and oxygen atoms in total. The van der Waals surface area contributed by atoms with E-state index in [1.165, 1.54) is 29.5 Å². The first kappa shape index (κ1) is 21.3. The van der Waals surface area contributed by atoms with Crippen molar-refractivity contribution in [3.8, 4) is 0 Å². The fourth-order valence-electron chi connectivity index (χ4n) is 7.04. The molecule has 0 bridgehead atoms. The number of benzene rings is 1. The van der Waals surface area contributed by atoms with Gasteiger partial charge in [0, 0.05) is 24.5 Å². The minimum absolute atomic E-state index is 0.0166. The van der Waals surface area contributed by atoms with E-state index < -0.39 is 5.82 Å². The van der Waals surface area contributed by atoms with Crippen molar-refractivity contribution in [3.05, 3.63) is 59.5 Å². The Morgan fingerprint density at radius 2 is 2.06 bits per heavy atom. The van der Waals surface area contributed by atoms with Gasteiger partial charge in [0.05, 0.1) is 0 Å². The van der Waals surface area contributed by atoms with Crippen molar-refractivity contribution in [2.45, 2.75) is 64.2 Å². The van der Waals surface area contributed by atoms with E-state index in [0.29, 0.717) is 48.7 Å². The van der Waals surface area contributed by atoms with Crippen LogP contribution in [0.2, 0.25) is 0 Å². The number of hydrogen-bond donors (Lipinski definition) is 1. The number of aryl methyl sites for hydroxylation is 1. The van der Waals surface area contributed by atoms with E-state index in [0.717, 1.165) is 32.1 Å². The molecular formula is C27H31FN2O2. The fourth-order valence-corrected chi connectivity index (χ4v) is 7.04. The minimum Gasteiger partial charge on any atom is -0.308 e. The Kier molecular flexibility index (Phi) is 5.60. The van der Waals surface area contributed by atoms with Gasteiger partial charge in [0.15, 0.2) is 11.6 Å². The van der Waals surface area contributed by atoms with E-state index in [1.807, 2.05) is 0 Å². The van der Waals surface area contributed by atoms with Gasteiger partial charge in [-0.05, 0) is 85.5 Å². The summed E-state index contributed by atoms with van der Waals surface area (Å²) in [6.45, 7) is 2.20. The Bertz CT molecular complexity index is 1040. The summed E-state index contributed by atoms with van der Waals surface area (Å²) in [6.07, 6.45) is 8.34. The van der Waals surface area contributed by atoms with Gasteiger partial charge < -0.3 is 5.32 Å². The van der Waals surface area contributed by atoms with Gasteiger partial charge in [0.2, 0.25) is 5.91 Å². The number of nitrogens with zero attached hydrogens (tertiary/aromatic N) is 1. The molecule has 1 aromatic carbocycles. The number of amides is 1. The summed E-state index contributed by atoms with van der Waals surface area (Å²) < 4.78 is 13.7. The molecule has 1 N–H and O–H groups in total. The lowest BCUT2D eigenvalue weighted by molar-refractivity contribution is -0.129. The van der Waals surface area contributed by atoms with E-state index in [9.17, 15) is 14.0 Å². The average Bonchev–Trinajstić information content (AvgIpc) is 3.05. The van der Waals surface area contributed by atoms with Crippen LogP contribution in [0.1, 0.15) is 68.9 Å². The van der Waals surface area contributed by atoms with Crippen molar-refractivity contribution in [2.75, 3.05) is 5.32 Å². The molecule has 5 atom stereocenters. The standard InChI is InChI=1S/C27H31FN2O2/c1-27-14-13-20-19-8-3-2-6-17(19)11-12-21(20)25(27)18(16-23(27)31)7-4-10-24(32)30-26-22(28)9-5-15-29-26/h2-3,5-6,8-9,15,18,20-21,25H,4,7,10-14,16H2,1H3,(H,29,30,32)/t18-,20?,21?,25?,27-/m1/s1. The molecule has 32 heavy (non-hydrogen) atoms. The Morgan fingerprint density at radius 1 is 1.22 bits per heavy atom. The molecule has 5 rings (SSSR count). The van der Waals surface area contributed by atoms with Gasteiger partial charge in [0.1, 0.15) is 5.78 Å². The van der Waals surface area contributed by atoms with Crippen LogP contribution in [0.25, 0.3) is 0 Å². The SMILES string of the molecule is C[C@]12CCC3c4ccccc4CCC3C1[C@H](CCCC(=O)Nc1ncccc1F)CC2=O. The lowest BCUT2D eigenvalue weighted by atomic mass is 9.54. The largest absolute Gasteiger partial charge is 0.308 e. The van der Waals surface area contributed by atoms with Crippen molar-refractivity contribution in [1.29, 1.82) is 0 Å². The summed E-state index contributed by atoms with van der Waals surface area (Å²) in [5.41, 5.74) is 2.77. The zero-order valence-corrected chi connectivity index (χ0v) is 18.6. The molecule has 3 unspecified atom stereocenters. The molecule has 0 radical (unpaired) electrons. The second kappa shape index (κ2) is 8.42. The lowest BCUT2D eigenvalue weighted by Crippen LogP contribution is -2.44. The van der Waals surface area contributed by atoms with Crippen molar-refractivity contribution >= 4 is 17.5 Å². The van der Waals surface area contributed by atoms with Crippen LogP contribution < -0.4 is 5.32 Å². The van der Waals surface area contributed by atoms with Gasteiger partial charge in [-0.3, -0.25) is 9.59 Å². The molecule has 1 aromatic heterocycles. The van der Waals surface area contributed by atoms with Gasteiger partial charge in [-0.25, -0.2) is 9.37 Å². The number of anilines is 1. The van der Waals surface area contributed by atoms with E-state index in [-0.39, 0.29) is 17.1 Å². The molecule has 2 fully saturated rings. The molecule has 0 saturated heterocycles. The molecular weight excluding hydrogens is 403 g/mol. The summed E-state index contributed by atoms with van der Waals surface area (Å²) in [5.74, 6) is 1.51. The third kappa shape index (κ3) is 3.66. The number of hydrogen-bond acceptors (Lipinski definition) is 3. The van der Waals surface area contributed by atoms with Crippen LogP contribution >= 0.6 is 0 Å². The summed E-state index contributed by atoms with van der Waals surface area (Å²) in [6, 6.07) is 11.6. The summed E-state index contributed by atoms with van der Waals surface area (Å²) in [7, 11) is 0. The highest BCUT2D eigenvalue weighted by atomic mass is 19.1. The molecule has 1 amide bonds. The fraction of sp³-hybridized carbons (Fsp3) is 0.519. The number of aromatic nitrogens is 1. The summed E-state index contributed by atoms with van der Waals surface area (Å²) >= 11 is 0. The number of fused-ring (bicyclic) bond motifs is 5. The van der Waals surface area contributed by atoms with E-state index in [1.54, 1.807) is 0 Å². The maximum absolute atomic E-state index is 13.7. The molecule has 5 heteroatoms. The van der Waals surface area contributed by atoms with Gasteiger partial charge in [0.25, 0.3) is 0 Å². The lowest BCUT2D eigenvalue weighted by Gasteiger charge is -2.50. The molecule has 1 heterocycles. The van der Waals surface area contributed by atoms with Crippen molar-refractivity contribution < 1.29 is 14.0 Å². The number of carbonyl (C=O) groups excluding carboxylic acids is 2. The van der Waals surface area contributed by atoms with Crippen LogP contribution in [0, 0.1) is 29.0 Å². The molecule has 2 aromatic rings. The first-order valence-electron chi connectivity index (χ1n) is 12.0. The highest BCUT2D eigenvalue weighted by molar-refractivity contribution is 5.90. The van der Waals surface area contributed by atoms with Gasteiger partial charge in [-0.15, -0.1) is 0 Å². The summed E-state index contributed by atoms with van der Waals surface area (Å²) in [4.78, 5) is 29.3.